The van der Waals surface area contributed by atoms with E-state index in [9.17, 15) is 4.79 Å². The van der Waals surface area contributed by atoms with Gasteiger partial charge in [-0.25, -0.2) is 0 Å². The minimum atomic E-state index is -0.0319. The summed E-state index contributed by atoms with van der Waals surface area (Å²) in [6.45, 7) is 13.2. The highest BCUT2D eigenvalue weighted by molar-refractivity contribution is 5.76. The van der Waals surface area contributed by atoms with Crippen LogP contribution >= 0.6 is 0 Å². The van der Waals surface area contributed by atoms with E-state index in [2.05, 4.69) is 52.2 Å². The first-order valence-corrected chi connectivity index (χ1v) is 6.71. The van der Waals surface area contributed by atoms with Crippen molar-refractivity contribution in [2.45, 2.75) is 66.0 Å². The summed E-state index contributed by atoms with van der Waals surface area (Å²) in [5.74, 6) is 0.0418. The van der Waals surface area contributed by atoms with Crippen LogP contribution in [0.4, 0.5) is 0 Å². The van der Waals surface area contributed by atoms with E-state index in [1.54, 1.807) is 0 Å². The van der Waals surface area contributed by atoms with Crippen LogP contribution in [-0.4, -0.2) is 35.7 Å². The number of aliphatic hydroxyl groups is 1. The third kappa shape index (κ3) is 8.48. The molecular formula is C14H30N2O2. The zero-order valence-corrected chi connectivity index (χ0v) is 12.8. The first-order valence-electron chi connectivity index (χ1n) is 6.71. The summed E-state index contributed by atoms with van der Waals surface area (Å²) < 4.78 is 0. The molecule has 0 aliphatic rings. The molecule has 4 heteroatoms. The van der Waals surface area contributed by atoms with Gasteiger partial charge >= 0.3 is 0 Å². The van der Waals surface area contributed by atoms with Gasteiger partial charge in [0.15, 0.2) is 0 Å². The zero-order chi connectivity index (χ0) is 14.4. The Morgan fingerprint density at radius 2 is 1.72 bits per heavy atom. The molecule has 0 fully saturated rings. The molecule has 0 radical (unpaired) electrons. The largest absolute Gasteiger partial charge is 0.396 e. The molecule has 0 aromatic carbocycles. The van der Waals surface area contributed by atoms with Crippen LogP contribution in [0.1, 0.15) is 54.4 Å². The van der Waals surface area contributed by atoms with Gasteiger partial charge in [-0.05, 0) is 32.6 Å². The molecule has 0 aliphatic carbocycles. The van der Waals surface area contributed by atoms with E-state index < -0.39 is 0 Å². The molecule has 1 unspecified atom stereocenters. The lowest BCUT2D eigenvalue weighted by atomic mass is 9.85. The standard InChI is InChI=1S/C14H30N2O2/c1-13(2,3)11(8-10-17)16-12(18)7-9-15-14(4,5)6/h11,15,17H,7-10H2,1-6H3,(H,16,18). The Bertz CT molecular complexity index is 252. The molecule has 0 aromatic rings. The summed E-state index contributed by atoms with van der Waals surface area (Å²) in [6.07, 6.45) is 1.07. The van der Waals surface area contributed by atoms with Crippen LogP contribution in [0.2, 0.25) is 0 Å². The van der Waals surface area contributed by atoms with Crippen LogP contribution in [0.5, 0.6) is 0 Å². The summed E-state index contributed by atoms with van der Waals surface area (Å²) >= 11 is 0. The maximum atomic E-state index is 11.8. The number of rotatable bonds is 6. The minimum absolute atomic E-state index is 0.0182. The van der Waals surface area contributed by atoms with Crippen LogP contribution in [-0.2, 0) is 4.79 Å². The first-order chi connectivity index (χ1) is 8.06. The molecule has 3 N–H and O–H groups in total. The monoisotopic (exact) mass is 258 g/mol. The van der Waals surface area contributed by atoms with E-state index in [4.69, 9.17) is 5.11 Å². The fraction of sp³-hybridized carbons (Fsp3) is 0.929. The third-order valence-corrected chi connectivity index (χ3v) is 2.81. The van der Waals surface area contributed by atoms with Crippen molar-refractivity contribution >= 4 is 5.91 Å². The molecule has 0 bridgehead atoms. The molecule has 18 heavy (non-hydrogen) atoms. The molecule has 0 saturated heterocycles. The van der Waals surface area contributed by atoms with Crippen LogP contribution in [0.25, 0.3) is 0 Å². The van der Waals surface area contributed by atoms with E-state index in [0.717, 1.165) is 0 Å². The predicted octanol–water partition coefficient (Wildman–Crippen LogP) is 1.68. The van der Waals surface area contributed by atoms with Crippen molar-refractivity contribution in [1.82, 2.24) is 10.6 Å². The van der Waals surface area contributed by atoms with Gasteiger partial charge in [0.1, 0.15) is 0 Å². The Hall–Kier alpha value is -0.610. The molecule has 0 aromatic heterocycles. The minimum Gasteiger partial charge on any atom is -0.396 e. The molecule has 0 saturated carbocycles. The highest BCUT2D eigenvalue weighted by atomic mass is 16.3. The number of carbonyl (C=O) groups is 1. The normalized spacial score (nSPS) is 14.4. The van der Waals surface area contributed by atoms with Crippen molar-refractivity contribution in [2.24, 2.45) is 5.41 Å². The maximum absolute atomic E-state index is 11.8. The van der Waals surface area contributed by atoms with Gasteiger partial charge in [-0.1, -0.05) is 20.8 Å². The van der Waals surface area contributed by atoms with Gasteiger partial charge in [0, 0.05) is 31.2 Å². The molecule has 0 rings (SSSR count). The van der Waals surface area contributed by atoms with Crippen molar-refractivity contribution in [1.29, 1.82) is 0 Å². The number of amides is 1. The van der Waals surface area contributed by atoms with Crippen molar-refractivity contribution < 1.29 is 9.90 Å². The fourth-order valence-electron chi connectivity index (χ4n) is 1.67. The second-order valence-corrected chi connectivity index (χ2v) is 6.93. The number of nitrogens with one attached hydrogen (secondary N) is 2. The first kappa shape index (κ1) is 17.4. The van der Waals surface area contributed by atoms with Gasteiger partial charge in [-0.15, -0.1) is 0 Å². The van der Waals surface area contributed by atoms with Gasteiger partial charge in [0.25, 0.3) is 0 Å². The number of hydrogen-bond acceptors (Lipinski definition) is 3. The second-order valence-electron chi connectivity index (χ2n) is 6.93. The smallest absolute Gasteiger partial charge is 0.221 e. The average molecular weight is 258 g/mol. The van der Waals surface area contributed by atoms with E-state index in [-0.39, 0.29) is 29.5 Å². The van der Waals surface area contributed by atoms with E-state index in [1.165, 1.54) is 0 Å². The van der Waals surface area contributed by atoms with E-state index in [1.807, 2.05) is 0 Å². The summed E-state index contributed by atoms with van der Waals surface area (Å²) in [6, 6.07) is 0.0182. The van der Waals surface area contributed by atoms with Crippen molar-refractivity contribution in [3.8, 4) is 0 Å². The van der Waals surface area contributed by atoms with Crippen LogP contribution in [0, 0.1) is 5.41 Å². The fourth-order valence-corrected chi connectivity index (χ4v) is 1.67. The van der Waals surface area contributed by atoms with Gasteiger partial charge in [0.05, 0.1) is 0 Å². The number of aliphatic hydroxyl groups excluding tert-OH is 1. The molecule has 1 amide bonds. The lowest BCUT2D eigenvalue weighted by Gasteiger charge is -2.31. The Morgan fingerprint density at radius 1 is 1.17 bits per heavy atom. The van der Waals surface area contributed by atoms with Crippen molar-refractivity contribution in [2.75, 3.05) is 13.2 Å². The lowest BCUT2D eigenvalue weighted by molar-refractivity contribution is -0.122. The highest BCUT2D eigenvalue weighted by Gasteiger charge is 2.25. The molecule has 0 heterocycles. The quantitative estimate of drug-likeness (QED) is 0.679. The Labute approximate surface area is 112 Å². The average Bonchev–Trinajstić information content (AvgIpc) is 2.13. The van der Waals surface area contributed by atoms with Gasteiger partial charge < -0.3 is 15.7 Å². The Balaban J connectivity index is 4.11. The summed E-state index contributed by atoms with van der Waals surface area (Å²) in [5, 5.41) is 15.3. The summed E-state index contributed by atoms with van der Waals surface area (Å²) in [4.78, 5) is 11.8. The van der Waals surface area contributed by atoms with Gasteiger partial charge in [-0.3, -0.25) is 4.79 Å². The van der Waals surface area contributed by atoms with Crippen molar-refractivity contribution in [3.05, 3.63) is 0 Å². The molecule has 0 spiro atoms. The van der Waals surface area contributed by atoms with Crippen LogP contribution in [0.15, 0.2) is 0 Å². The SMILES string of the molecule is CC(C)(C)NCCC(=O)NC(CCO)C(C)(C)C. The van der Waals surface area contributed by atoms with Crippen LogP contribution in [0.3, 0.4) is 0 Å². The van der Waals surface area contributed by atoms with Gasteiger partial charge in [0.2, 0.25) is 5.91 Å². The lowest BCUT2D eigenvalue weighted by Crippen LogP contribution is -2.45. The van der Waals surface area contributed by atoms with Crippen LogP contribution < -0.4 is 10.6 Å². The maximum Gasteiger partial charge on any atom is 0.221 e. The van der Waals surface area contributed by atoms with E-state index >= 15 is 0 Å². The molecular weight excluding hydrogens is 228 g/mol. The number of hydrogen-bond donors (Lipinski definition) is 3. The highest BCUT2D eigenvalue weighted by Crippen LogP contribution is 2.21. The van der Waals surface area contributed by atoms with E-state index in [0.29, 0.717) is 19.4 Å². The predicted molar refractivity (Wildman–Crippen MR) is 75.5 cm³/mol. The molecule has 4 nitrogen and oxygen atoms in total. The molecule has 108 valence electrons. The topological polar surface area (TPSA) is 61.4 Å². The van der Waals surface area contributed by atoms with Crippen molar-refractivity contribution in [3.63, 3.8) is 0 Å². The summed E-state index contributed by atoms with van der Waals surface area (Å²) in [5.41, 5.74) is 0.00462. The third-order valence-electron chi connectivity index (χ3n) is 2.81. The van der Waals surface area contributed by atoms with Gasteiger partial charge in [-0.2, -0.15) is 0 Å². The second kappa shape index (κ2) is 7.10. The number of carbonyl (C=O) groups excluding carboxylic acids is 1. The molecule has 0 aliphatic heterocycles. The zero-order valence-electron chi connectivity index (χ0n) is 12.8. The Morgan fingerprint density at radius 3 is 2.11 bits per heavy atom. The molecule has 1 atom stereocenters. The summed E-state index contributed by atoms with van der Waals surface area (Å²) in [7, 11) is 0. The Kier molecular flexibility index (Phi) is 6.86.